The molecule has 0 radical (unpaired) electrons. The van der Waals surface area contributed by atoms with Gasteiger partial charge < -0.3 is 14.5 Å². The molecule has 1 aliphatic carbocycles. The smallest absolute Gasteiger partial charge is 0.410 e. The zero-order valence-corrected chi connectivity index (χ0v) is 18.4. The maximum Gasteiger partial charge on any atom is 0.410 e. The maximum absolute atomic E-state index is 12.2. The van der Waals surface area contributed by atoms with Crippen LogP contribution in [0, 0.1) is 12.3 Å². The highest BCUT2D eigenvalue weighted by Crippen LogP contribution is 2.54. The minimum absolute atomic E-state index is 0.175. The normalized spacial score (nSPS) is 24.1. The molecular weight excluding hydrogens is 352 g/mol. The van der Waals surface area contributed by atoms with Crippen molar-refractivity contribution in [1.82, 2.24) is 14.7 Å². The molecule has 1 aromatic heterocycles. The first-order chi connectivity index (χ1) is 13.0. The number of ether oxygens (including phenoxy) is 1. The molecule has 0 N–H and O–H groups in total. The van der Waals surface area contributed by atoms with E-state index in [1.54, 1.807) is 0 Å². The highest BCUT2D eigenvalue weighted by atomic mass is 16.6. The highest BCUT2D eigenvalue weighted by molar-refractivity contribution is 5.69. The average molecular weight is 389 g/mol. The van der Waals surface area contributed by atoms with Crippen LogP contribution in [0.1, 0.15) is 78.5 Å². The summed E-state index contributed by atoms with van der Waals surface area (Å²) in [6, 6.07) is 2.72. The second-order valence-corrected chi connectivity index (χ2v) is 10.9. The molecule has 1 spiro atoms. The summed E-state index contributed by atoms with van der Waals surface area (Å²) in [7, 11) is 0. The van der Waals surface area contributed by atoms with E-state index in [0.29, 0.717) is 6.04 Å². The monoisotopic (exact) mass is 388 g/mol. The van der Waals surface area contributed by atoms with Gasteiger partial charge >= 0.3 is 6.09 Å². The van der Waals surface area contributed by atoms with E-state index >= 15 is 0 Å². The molecule has 1 amide bonds. The largest absolute Gasteiger partial charge is 0.444 e. The zero-order valence-electron chi connectivity index (χ0n) is 18.4. The molecule has 2 saturated heterocycles. The van der Waals surface area contributed by atoms with E-state index in [1.165, 1.54) is 25.0 Å². The minimum atomic E-state index is -0.424. The van der Waals surface area contributed by atoms with Crippen LogP contribution in [-0.4, -0.2) is 51.5 Å². The molecule has 0 bridgehead atoms. The molecular formula is C22H36N4O2. The summed E-state index contributed by atoms with van der Waals surface area (Å²) in [6.07, 6.45) is 5.83. The summed E-state index contributed by atoms with van der Waals surface area (Å²) in [5.41, 5.74) is 1.30. The van der Waals surface area contributed by atoms with Crippen molar-refractivity contribution >= 4 is 11.9 Å². The highest BCUT2D eigenvalue weighted by Gasteiger charge is 2.55. The second-order valence-electron chi connectivity index (χ2n) is 10.9. The van der Waals surface area contributed by atoms with Crippen molar-refractivity contribution in [3.63, 3.8) is 0 Å². The summed E-state index contributed by atoms with van der Waals surface area (Å²) in [5.74, 6) is 1.13. The lowest BCUT2D eigenvalue weighted by atomic mass is 9.61. The zero-order chi connectivity index (χ0) is 20.3. The van der Waals surface area contributed by atoms with Crippen molar-refractivity contribution in [2.24, 2.45) is 5.41 Å². The molecule has 3 aliphatic rings. The van der Waals surface area contributed by atoms with Crippen LogP contribution in [-0.2, 0) is 4.74 Å². The average Bonchev–Trinajstić information content (AvgIpc) is 2.83. The predicted molar refractivity (Wildman–Crippen MR) is 111 cm³/mol. The van der Waals surface area contributed by atoms with E-state index in [4.69, 9.17) is 9.84 Å². The molecule has 156 valence electrons. The fourth-order valence-electron chi connectivity index (χ4n) is 5.25. The molecule has 3 heterocycles. The maximum atomic E-state index is 12.2. The molecule has 4 rings (SSSR count). The number of likely N-dealkylation sites (tertiary alicyclic amines) is 1. The summed E-state index contributed by atoms with van der Waals surface area (Å²) in [5, 5.41) is 5.01. The lowest BCUT2D eigenvalue weighted by Crippen LogP contribution is -2.64. The molecule has 28 heavy (non-hydrogen) atoms. The van der Waals surface area contributed by atoms with Gasteiger partial charge in [0.1, 0.15) is 5.60 Å². The Kier molecular flexibility index (Phi) is 4.47. The Labute approximate surface area is 169 Å². The van der Waals surface area contributed by atoms with Gasteiger partial charge in [-0.15, -0.1) is 0 Å². The van der Waals surface area contributed by atoms with Crippen molar-refractivity contribution in [2.45, 2.75) is 90.8 Å². The Balaban J connectivity index is 1.36. The first kappa shape index (κ1) is 19.6. The van der Waals surface area contributed by atoms with Crippen molar-refractivity contribution in [3.8, 4) is 0 Å². The minimum Gasteiger partial charge on any atom is -0.444 e. The molecule has 3 fully saturated rings. The number of amides is 1. The number of piperidine rings is 1. The van der Waals surface area contributed by atoms with Crippen LogP contribution in [0.2, 0.25) is 0 Å². The van der Waals surface area contributed by atoms with Gasteiger partial charge in [0.2, 0.25) is 0 Å². The molecule has 0 atom stereocenters. The third kappa shape index (κ3) is 3.50. The molecule has 6 nitrogen and oxygen atoms in total. The van der Waals surface area contributed by atoms with Gasteiger partial charge in [-0.25, -0.2) is 4.79 Å². The van der Waals surface area contributed by atoms with E-state index in [-0.39, 0.29) is 17.0 Å². The van der Waals surface area contributed by atoms with Gasteiger partial charge in [-0.1, -0.05) is 0 Å². The number of hydrogen-bond acceptors (Lipinski definition) is 4. The summed E-state index contributed by atoms with van der Waals surface area (Å²) in [4.78, 5) is 16.5. The SMILES string of the molecule is Cc1cc(N2CCCCC2(C)C)nn1C1CC2(C1)CN(C(=O)OC(C)(C)C)C2. The van der Waals surface area contributed by atoms with Crippen LogP contribution in [0.25, 0.3) is 0 Å². The summed E-state index contributed by atoms with van der Waals surface area (Å²) in [6.45, 7) is 15.3. The van der Waals surface area contributed by atoms with Crippen LogP contribution in [0.15, 0.2) is 6.07 Å². The number of carbonyl (C=O) groups is 1. The first-order valence-corrected chi connectivity index (χ1v) is 10.8. The third-order valence-electron chi connectivity index (χ3n) is 6.72. The van der Waals surface area contributed by atoms with Gasteiger partial charge in [-0.2, -0.15) is 5.10 Å². The predicted octanol–water partition coefficient (Wildman–Crippen LogP) is 4.53. The van der Waals surface area contributed by atoms with Crippen LogP contribution >= 0.6 is 0 Å². The van der Waals surface area contributed by atoms with Crippen molar-refractivity contribution in [1.29, 1.82) is 0 Å². The van der Waals surface area contributed by atoms with Gasteiger partial charge in [0.05, 0.1) is 6.04 Å². The van der Waals surface area contributed by atoms with E-state index in [1.807, 2.05) is 25.7 Å². The lowest BCUT2D eigenvalue weighted by molar-refractivity contribution is -0.0930. The Bertz CT molecular complexity index is 747. The second kappa shape index (κ2) is 6.39. The third-order valence-corrected chi connectivity index (χ3v) is 6.72. The van der Waals surface area contributed by atoms with Crippen molar-refractivity contribution in [3.05, 3.63) is 11.8 Å². The summed E-state index contributed by atoms with van der Waals surface area (Å²) < 4.78 is 7.73. The number of hydrogen-bond donors (Lipinski definition) is 0. The number of rotatable bonds is 2. The lowest BCUT2D eigenvalue weighted by Gasteiger charge is -2.58. The molecule has 6 heteroatoms. The van der Waals surface area contributed by atoms with Gasteiger partial charge in [-0.05, 0) is 73.6 Å². The fourth-order valence-corrected chi connectivity index (χ4v) is 5.25. The number of nitrogens with zero attached hydrogens (tertiary/aromatic N) is 4. The first-order valence-electron chi connectivity index (χ1n) is 10.8. The van der Waals surface area contributed by atoms with E-state index < -0.39 is 5.60 Å². The molecule has 0 unspecified atom stereocenters. The summed E-state index contributed by atoms with van der Waals surface area (Å²) >= 11 is 0. The van der Waals surface area contributed by atoms with Crippen LogP contribution in [0.3, 0.4) is 0 Å². The Morgan fingerprint density at radius 3 is 2.50 bits per heavy atom. The number of anilines is 1. The van der Waals surface area contributed by atoms with Crippen LogP contribution in [0.5, 0.6) is 0 Å². The Hall–Kier alpha value is -1.72. The van der Waals surface area contributed by atoms with Crippen molar-refractivity contribution in [2.75, 3.05) is 24.5 Å². The number of aryl methyl sites for hydroxylation is 1. The quantitative estimate of drug-likeness (QED) is 0.747. The van der Waals surface area contributed by atoms with Gasteiger partial charge in [0.15, 0.2) is 5.82 Å². The number of aromatic nitrogens is 2. The van der Waals surface area contributed by atoms with Gasteiger partial charge in [0, 0.05) is 42.3 Å². The molecule has 1 saturated carbocycles. The van der Waals surface area contributed by atoms with Gasteiger partial charge in [0.25, 0.3) is 0 Å². The standard InChI is InChI=1S/C22H36N4O2/c1-16-11-18(25-10-8-7-9-21(25,5)6)23-26(16)17-12-22(13-17)14-24(15-22)19(27)28-20(2,3)4/h11,17H,7-10,12-15H2,1-6H3. The molecule has 1 aromatic rings. The molecule has 2 aliphatic heterocycles. The Morgan fingerprint density at radius 1 is 1.21 bits per heavy atom. The number of carbonyl (C=O) groups excluding carboxylic acids is 1. The van der Waals surface area contributed by atoms with Crippen LogP contribution < -0.4 is 4.90 Å². The topological polar surface area (TPSA) is 50.6 Å². The van der Waals surface area contributed by atoms with Gasteiger partial charge in [-0.3, -0.25) is 4.68 Å². The van der Waals surface area contributed by atoms with E-state index in [2.05, 4.69) is 36.4 Å². The Morgan fingerprint density at radius 2 is 1.89 bits per heavy atom. The fraction of sp³-hybridized carbons (Fsp3) is 0.818. The van der Waals surface area contributed by atoms with E-state index in [0.717, 1.165) is 38.3 Å². The van der Waals surface area contributed by atoms with E-state index in [9.17, 15) is 4.79 Å². The van der Waals surface area contributed by atoms with Crippen molar-refractivity contribution < 1.29 is 9.53 Å². The molecule has 0 aromatic carbocycles. The van der Waals surface area contributed by atoms with Crippen LogP contribution in [0.4, 0.5) is 10.6 Å².